The van der Waals surface area contributed by atoms with Crippen molar-refractivity contribution in [1.82, 2.24) is 10.6 Å². The average Bonchev–Trinajstić information content (AvgIpc) is 3.32. The zero-order chi connectivity index (χ0) is 23.4. The summed E-state index contributed by atoms with van der Waals surface area (Å²) < 4.78 is 11.1. The van der Waals surface area contributed by atoms with E-state index in [1.165, 1.54) is 6.07 Å². The first-order valence-corrected chi connectivity index (χ1v) is 10.8. The number of hydrogen-bond donors (Lipinski definition) is 2. The number of para-hydroxylation sites is 1. The number of imide groups is 1. The molecule has 0 aliphatic heterocycles. The fraction of sp³-hybridized carbons (Fsp3) is 0.280. The predicted octanol–water partition coefficient (Wildman–Crippen LogP) is 3.69. The van der Waals surface area contributed by atoms with Gasteiger partial charge in [-0.2, -0.15) is 0 Å². The van der Waals surface area contributed by atoms with Crippen molar-refractivity contribution >= 4 is 28.9 Å². The van der Waals surface area contributed by atoms with Gasteiger partial charge >= 0.3 is 12.0 Å². The van der Waals surface area contributed by atoms with E-state index in [0.29, 0.717) is 16.9 Å². The van der Waals surface area contributed by atoms with Gasteiger partial charge in [0.15, 0.2) is 17.6 Å². The highest BCUT2D eigenvalue weighted by atomic mass is 16.5. The van der Waals surface area contributed by atoms with Gasteiger partial charge in [0.1, 0.15) is 11.3 Å². The molecule has 8 heteroatoms. The summed E-state index contributed by atoms with van der Waals surface area (Å²) in [5, 5.41) is 5.12. The number of carbonyl (C=O) groups excluding carboxylic acids is 3. The Bertz CT molecular complexity index is 1260. The van der Waals surface area contributed by atoms with Crippen LogP contribution in [0.2, 0.25) is 0 Å². The number of esters is 1. The minimum atomic E-state index is -0.835. The third-order valence-electron chi connectivity index (χ3n) is 5.68. The van der Waals surface area contributed by atoms with Crippen LogP contribution in [0.1, 0.15) is 41.6 Å². The molecule has 1 aromatic heterocycles. The Kier molecular flexibility index (Phi) is 6.53. The molecular formula is C25H24N2O6. The molecule has 1 fully saturated rings. The summed E-state index contributed by atoms with van der Waals surface area (Å²) in [6, 6.07) is 13.1. The SMILES string of the molecule is Cc1c(-c2ccccc2)oc2c(C(=O)OCC(=O)NC(=O)NC3CCCC3)cccc2c1=O. The zero-order valence-electron chi connectivity index (χ0n) is 18.2. The first-order valence-electron chi connectivity index (χ1n) is 10.8. The topological polar surface area (TPSA) is 115 Å². The third kappa shape index (κ3) is 4.95. The second-order valence-corrected chi connectivity index (χ2v) is 8.01. The fourth-order valence-corrected chi connectivity index (χ4v) is 4.00. The molecule has 2 aromatic carbocycles. The number of ether oxygens (including phenoxy) is 1. The van der Waals surface area contributed by atoms with E-state index in [9.17, 15) is 19.2 Å². The highest BCUT2D eigenvalue weighted by Gasteiger charge is 2.21. The smallest absolute Gasteiger partial charge is 0.342 e. The Balaban J connectivity index is 1.51. The molecule has 1 aliphatic rings. The third-order valence-corrected chi connectivity index (χ3v) is 5.68. The molecule has 0 atom stereocenters. The maximum absolute atomic E-state index is 12.9. The van der Waals surface area contributed by atoms with E-state index < -0.39 is 24.5 Å². The second kappa shape index (κ2) is 9.68. The Hall–Kier alpha value is -3.94. The minimum Gasteiger partial charge on any atom is -0.455 e. The van der Waals surface area contributed by atoms with E-state index in [0.717, 1.165) is 25.7 Å². The van der Waals surface area contributed by atoms with Crippen molar-refractivity contribution in [2.45, 2.75) is 38.6 Å². The van der Waals surface area contributed by atoms with E-state index in [1.54, 1.807) is 31.2 Å². The van der Waals surface area contributed by atoms with Crippen LogP contribution in [0, 0.1) is 6.92 Å². The lowest BCUT2D eigenvalue weighted by Crippen LogP contribution is -2.45. The van der Waals surface area contributed by atoms with Gasteiger partial charge in [0.2, 0.25) is 0 Å². The van der Waals surface area contributed by atoms with Gasteiger partial charge in [-0.3, -0.25) is 14.9 Å². The summed E-state index contributed by atoms with van der Waals surface area (Å²) in [4.78, 5) is 49.6. The number of benzene rings is 2. The van der Waals surface area contributed by atoms with Gasteiger partial charge in [-0.1, -0.05) is 49.2 Å². The molecule has 1 saturated carbocycles. The van der Waals surface area contributed by atoms with Gasteiger partial charge in [-0.05, 0) is 31.9 Å². The van der Waals surface area contributed by atoms with Crippen LogP contribution in [0.15, 0.2) is 57.7 Å². The lowest BCUT2D eigenvalue weighted by Gasteiger charge is -2.12. The summed E-state index contributed by atoms with van der Waals surface area (Å²) in [5.74, 6) is -1.23. The van der Waals surface area contributed by atoms with Crippen molar-refractivity contribution in [2.75, 3.05) is 6.61 Å². The van der Waals surface area contributed by atoms with E-state index in [-0.39, 0.29) is 28.0 Å². The number of nitrogens with one attached hydrogen (secondary N) is 2. The van der Waals surface area contributed by atoms with Crippen LogP contribution in [0.3, 0.4) is 0 Å². The largest absolute Gasteiger partial charge is 0.455 e. The van der Waals surface area contributed by atoms with Gasteiger partial charge in [-0.25, -0.2) is 9.59 Å². The first kappa shape index (κ1) is 22.3. The van der Waals surface area contributed by atoms with Crippen LogP contribution in [-0.2, 0) is 9.53 Å². The van der Waals surface area contributed by atoms with Crippen LogP contribution in [0.5, 0.6) is 0 Å². The molecule has 8 nitrogen and oxygen atoms in total. The normalized spacial score (nSPS) is 13.6. The minimum absolute atomic E-state index is 0.0185. The lowest BCUT2D eigenvalue weighted by atomic mass is 10.0. The molecule has 0 bridgehead atoms. The van der Waals surface area contributed by atoms with Crippen molar-refractivity contribution in [2.24, 2.45) is 0 Å². The summed E-state index contributed by atoms with van der Waals surface area (Å²) >= 11 is 0. The lowest BCUT2D eigenvalue weighted by molar-refractivity contribution is -0.123. The Morgan fingerprint density at radius 1 is 1.03 bits per heavy atom. The Labute approximate surface area is 189 Å². The van der Waals surface area contributed by atoms with Crippen molar-refractivity contribution in [3.8, 4) is 11.3 Å². The monoisotopic (exact) mass is 448 g/mol. The highest BCUT2D eigenvalue weighted by Crippen LogP contribution is 2.27. The van der Waals surface area contributed by atoms with Crippen molar-refractivity contribution < 1.29 is 23.5 Å². The molecule has 0 radical (unpaired) electrons. The molecular weight excluding hydrogens is 424 g/mol. The predicted molar refractivity (Wildman–Crippen MR) is 122 cm³/mol. The molecule has 170 valence electrons. The highest BCUT2D eigenvalue weighted by molar-refractivity contribution is 6.03. The number of carbonyl (C=O) groups is 3. The van der Waals surface area contributed by atoms with E-state index in [4.69, 9.17) is 9.15 Å². The second-order valence-electron chi connectivity index (χ2n) is 8.01. The molecule has 3 aromatic rings. The maximum atomic E-state index is 12.9. The molecule has 2 N–H and O–H groups in total. The number of hydrogen-bond acceptors (Lipinski definition) is 6. The van der Waals surface area contributed by atoms with Crippen LogP contribution >= 0.6 is 0 Å². The van der Waals surface area contributed by atoms with E-state index >= 15 is 0 Å². The molecule has 0 spiro atoms. The van der Waals surface area contributed by atoms with Gasteiger partial charge in [0, 0.05) is 17.2 Å². The van der Waals surface area contributed by atoms with E-state index in [2.05, 4.69) is 10.6 Å². The quantitative estimate of drug-likeness (QED) is 0.575. The van der Waals surface area contributed by atoms with E-state index in [1.807, 2.05) is 18.2 Å². The van der Waals surface area contributed by atoms with Crippen LogP contribution in [0.25, 0.3) is 22.3 Å². The first-order chi connectivity index (χ1) is 15.9. The van der Waals surface area contributed by atoms with Gasteiger partial charge in [0.05, 0.1) is 5.39 Å². The number of amides is 3. The van der Waals surface area contributed by atoms with Crippen molar-refractivity contribution in [1.29, 1.82) is 0 Å². The molecule has 1 aliphatic carbocycles. The Morgan fingerprint density at radius 2 is 1.76 bits per heavy atom. The van der Waals surface area contributed by atoms with Crippen LogP contribution in [0.4, 0.5) is 4.79 Å². The fourth-order valence-electron chi connectivity index (χ4n) is 4.00. The number of rotatable bonds is 5. The standard InChI is InChI=1S/C25H24N2O6/c1-15-21(29)18-12-7-13-19(23(18)33-22(15)16-8-3-2-4-9-16)24(30)32-14-20(28)27-25(31)26-17-10-5-6-11-17/h2-4,7-9,12-13,17H,5-6,10-11,14H2,1H3,(H2,26,27,28,31). The van der Waals surface area contributed by atoms with Crippen molar-refractivity contribution in [3.05, 3.63) is 69.9 Å². The summed E-state index contributed by atoms with van der Waals surface area (Å²) in [6.45, 7) is 1.02. The molecule has 0 saturated heterocycles. The number of fused-ring (bicyclic) bond motifs is 1. The molecule has 3 amide bonds. The molecule has 4 rings (SSSR count). The zero-order valence-corrected chi connectivity index (χ0v) is 18.2. The summed E-state index contributed by atoms with van der Waals surface area (Å²) in [7, 11) is 0. The average molecular weight is 448 g/mol. The summed E-state index contributed by atoms with van der Waals surface area (Å²) in [5.41, 5.74) is 0.962. The molecule has 33 heavy (non-hydrogen) atoms. The maximum Gasteiger partial charge on any atom is 0.342 e. The van der Waals surface area contributed by atoms with Crippen LogP contribution in [-0.4, -0.2) is 30.6 Å². The van der Waals surface area contributed by atoms with Gasteiger partial charge in [-0.15, -0.1) is 0 Å². The Morgan fingerprint density at radius 3 is 2.48 bits per heavy atom. The molecule has 0 unspecified atom stereocenters. The van der Waals surface area contributed by atoms with Gasteiger partial charge in [0.25, 0.3) is 5.91 Å². The summed E-state index contributed by atoms with van der Waals surface area (Å²) in [6.07, 6.45) is 3.85. The van der Waals surface area contributed by atoms with Crippen molar-refractivity contribution in [3.63, 3.8) is 0 Å². The van der Waals surface area contributed by atoms with Gasteiger partial charge < -0.3 is 14.5 Å². The molecule has 1 heterocycles. The van der Waals surface area contributed by atoms with Crippen LogP contribution < -0.4 is 16.1 Å². The number of urea groups is 1.